The van der Waals surface area contributed by atoms with Crippen molar-refractivity contribution in [2.24, 2.45) is 0 Å². The summed E-state index contributed by atoms with van der Waals surface area (Å²) in [6, 6.07) is 10.8. The standard InChI is InChI=1S/C21H28N2O4S/c1-15-6-9-20(27-5)18(12-15)10-11-22-21(24)14-23(4)28(25,26)19-8-7-16(2)17(3)13-19/h6-9,12-13H,10-11,14H2,1-5H3,(H,22,24). The van der Waals surface area contributed by atoms with Gasteiger partial charge in [0.05, 0.1) is 18.6 Å². The summed E-state index contributed by atoms with van der Waals surface area (Å²) in [4.78, 5) is 12.4. The van der Waals surface area contributed by atoms with Gasteiger partial charge >= 0.3 is 0 Å². The molecule has 0 heterocycles. The van der Waals surface area contributed by atoms with E-state index in [0.29, 0.717) is 13.0 Å². The number of nitrogens with one attached hydrogen (secondary N) is 1. The molecule has 2 rings (SSSR count). The van der Waals surface area contributed by atoms with Crippen LogP contribution in [0.25, 0.3) is 0 Å². The maximum Gasteiger partial charge on any atom is 0.243 e. The molecule has 1 N–H and O–H groups in total. The zero-order chi connectivity index (χ0) is 20.9. The molecule has 0 spiro atoms. The molecule has 0 aliphatic rings. The quantitative estimate of drug-likeness (QED) is 0.734. The molecule has 6 nitrogen and oxygen atoms in total. The van der Waals surface area contributed by atoms with Crippen LogP contribution in [0.3, 0.4) is 0 Å². The molecule has 2 aromatic carbocycles. The third kappa shape index (κ3) is 5.33. The molecule has 0 atom stereocenters. The lowest BCUT2D eigenvalue weighted by Crippen LogP contribution is -2.39. The van der Waals surface area contributed by atoms with Crippen LogP contribution in [0.4, 0.5) is 0 Å². The summed E-state index contributed by atoms with van der Waals surface area (Å²) in [7, 11) is -0.693. The zero-order valence-corrected chi connectivity index (χ0v) is 17.9. The van der Waals surface area contributed by atoms with Gasteiger partial charge in [-0.25, -0.2) is 8.42 Å². The number of carbonyl (C=O) groups is 1. The smallest absolute Gasteiger partial charge is 0.243 e. The number of rotatable bonds is 8. The molecule has 0 saturated heterocycles. The van der Waals surface area contributed by atoms with Crippen molar-refractivity contribution in [2.45, 2.75) is 32.1 Å². The van der Waals surface area contributed by atoms with Gasteiger partial charge in [-0.3, -0.25) is 4.79 Å². The van der Waals surface area contributed by atoms with E-state index in [1.165, 1.54) is 7.05 Å². The third-order valence-electron chi connectivity index (χ3n) is 4.71. The Bertz CT molecular complexity index is 955. The number of nitrogens with zero attached hydrogens (tertiary/aromatic N) is 1. The lowest BCUT2D eigenvalue weighted by atomic mass is 10.1. The van der Waals surface area contributed by atoms with Crippen LogP contribution in [0, 0.1) is 20.8 Å². The van der Waals surface area contributed by atoms with E-state index in [9.17, 15) is 13.2 Å². The van der Waals surface area contributed by atoms with Crippen molar-refractivity contribution in [3.63, 3.8) is 0 Å². The Morgan fingerprint density at radius 3 is 2.43 bits per heavy atom. The highest BCUT2D eigenvalue weighted by Crippen LogP contribution is 2.20. The molecule has 0 radical (unpaired) electrons. The Morgan fingerprint density at radius 1 is 1.07 bits per heavy atom. The summed E-state index contributed by atoms with van der Waals surface area (Å²) < 4.78 is 31.8. The Labute approximate surface area is 167 Å². The minimum Gasteiger partial charge on any atom is -0.496 e. The monoisotopic (exact) mass is 404 g/mol. The van der Waals surface area contributed by atoms with Crippen molar-refractivity contribution in [2.75, 3.05) is 27.2 Å². The molecular weight excluding hydrogens is 376 g/mol. The Balaban J connectivity index is 1.95. The van der Waals surface area contributed by atoms with E-state index in [0.717, 1.165) is 32.3 Å². The molecule has 2 aromatic rings. The number of benzene rings is 2. The molecule has 0 aliphatic carbocycles. The summed E-state index contributed by atoms with van der Waals surface area (Å²) in [5, 5.41) is 2.78. The summed E-state index contributed by atoms with van der Waals surface area (Å²) >= 11 is 0. The van der Waals surface area contributed by atoms with Crippen LogP contribution in [0.1, 0.15) is 22.3 Å². The second-order valence-electron chi connectivity index (χ2n) is 6.92. The Kier molecular flexibility index (Phi) is 7.21. The number of hydrogen-bond donors (Lipinski definition) is 1. The minimum absolute atomic E-state index is 0.190. The number of sulfonamides is 1. The highest BCUT2D eigenvalue weighted by atomic mass is 32.2. The van der Waals surface area contributed by atoms with Crippen LogP contribution < -0.4 is 10.1 Å². The average Bonchev–Trinajstić information content (AvgIpc) is 2.64. The van der Waals surface area contributed by atoms with Gasteiger partial charge in [-0.15, -0.1) is 0 Å². The highest BCUT2D eigenvalue weighted by molar-refractivity contribution is 7.89. The molecule has 0 unspecified atom stereocenters. The van der Waals surface area contributed by atoms with Gasteiger partial charge < -0.3 is 10.1 Å². The Hall–Kier alpha value is -2.38. The maximum absolute atomic E-state index is 12.7. The van der Waals surface area contributed by atoms with Crippen molar-refractivity contribution >= 4 is 15.9 Å². The molecule has 0 aliphatic heterocycles. The van der Waals surface area contributed by atoms with E-state index in [2.05, 4.69) is 5.32 Å². The summed E-state index contributed by atoms with van der Waals surface area (Å²) in [6.45, 7) is 5.94. The molecule has 152 valence electrons. The van der Waals surface area contributed by atoms with Gasteiger partial charge in [0.25, 0.3) is 0 Å². The first-order valence-electron chi connectivity index (χ1n) is 9.09. The van der Waals surface area contributed by atoms with E-state index >= 15 is 0 Å². The van der Waals surface area contributed by atoms with Crippen LogP contribution in [0.15, 0.2) is 41.3 Å². The van der Waals surface area contributed by atoms with Crippen LogP contribution >= 0.6 is 0 Å². The zero-order valence-electron chi connectivity index (χ0n) is 17.1. The van der Waals surface area contributed by atoms with Crippen LogP contribution in [0.2, 0.25) is 0 Å². The lowest BCUT2D eigenvalue weighted by molar-refractivity contribution is -0.121. The second-order valence-corrected chi connectivity index (χ2v) is 8.97. The number of amides is 1. The van der Waals surface area contributed by atoms with Gasteiger partial charge in [-0.2, -0.15) is 4.31 Å². The fraction of sp³-hybridized carbons (Fsp3) is 0.381. The van der Waals surface area contributed by atoms with Gasteiger partial charge in [0.1, 0.15) is 5.75 Å². The fourth-order valence-electron chi connectivity index (χ4n) is 2.84. The fourth-order valence-corrected chi connectivity index (χ4v) is 4.05. The van der Waals surface area contributed by atoms with Crippen LogP contribution in [0.5, 0.6) is 5.75 Å². The lowest BCUT2D eigenvalue weighted by Gasteiger charge is -2.18. The number of methoxy groups -OCH3 is 1. The van der Waals surface area contributed by atoms with Crippen molar-refractivity contribution in [3.05, 3.63) is 58.7 Å². The number of aryl methyl sites for hydroxylation is 3. The molecule has 7 heteroatoms. The molecule has 0 fully saturated rings. The first-order chi connectivity index (χ1) is 13.1. The van der Waals surface area contributed by atoms with Gasteiger partial charge in [0, 0.05) is 13.6 Å². The van der Waals surface area contributed by atoms with E-state index in [1.54, 1.807) is 25.3 Å². The number of ether oxygens (including phenoxy) is 1. The number of carbonyl (C=O) groups excluding carboxylic acids is 1. The SMILES string of the molecule is COc1ccc(C)cc1CCNC(=O)CN(C)S(=O)(=O)c1ccc(C)c(C)c1. The first kappa shape index (κ1) is 21.9. The van der Waals surface area contributed by atoms with E-state index in [4.69, 9.17) is 4.74 Å². The van der Waals surface area contributed by atoms with Crippen molar-refractivity contribution in [1.29, 1.82) is 0 Å². The molecule has 0 aromatic heterocycles. The predicted octanol–water partition coefficient (Wildman–Crippen LogP) is 2.60. The van der Waals surface area contributed by atoms with Crippen molar-refractivity contribution < 1.29 is 17.9 Å². The van der Waals surface area contributed by atoms with Crippen LogP contribution in [-0.2, 0) is 21.2 Å². The number of hydrogen-bond acceptors (Lipinski definition) is 4. The molecule has 0 bridgehead atoms. The van der Waals surface area contributed by atoms with Crippen molar-refractivity contribution in [3.8, 4) is 5.75 Å². The molecular formula is C21H28N2O4S. The molecule has 28 heavy (non-hydrogen) atoms. The van der Waals surface area contributed by atoms with Crippen molar-refractivity contribution in [1.82, 2.24) is 9.62 Å². The van der Waals surface area contributed by atoms with Gasteiger partial charge in [-0.05, 0) is 62.1 Å². The predicted molar refractivity (Wildman–Crippen MR) is 110 cm³/mol. The van der Waals surface area contributed by atoms with Crippen LogP contribution in [-0.4, -0.2) is 45.9 Å². The second kappa shape index (κ2) is 9.21. The van der Waals surface area contributed by atoms with E-state index in [1.807, 2.05) is 39.0 Å². The topological polar surface area (TPSA) is 75.7 Å². The summed E-state index contributed by atoms with van der Waals surface area (Å²) in [5.41, 5.74) is 4.03. The maximum atomic E-state index is 12.7. The normalized spacial score (nSPS) is 11.5. The molecule has 0 saturated carbocycles. The minimum atomic E-state index is -3.71. The van der Waals surface area contributed by atoms with Gasteiger partial charge in [0.2, 0.25) is 15.9 Å². The average molecular weight is 405 g/mol. The van der Waals surface area contributed by atoms with E-state index < -0.39 is 10.0 Å². The third-order valence-corrected chi connectivity index (χ3v) is 6.50. The molecule has 1 amide bonds. The highest BCUT2D eigenvalue weighted by Gasteiger charge is 2.23. The van der Waals surface area contributed by atoms with E-state index in [-0.39, 0.29) is 17.3 Å². The van der Waals surface area contributed by atoms with Gasteiger partial charge in [0.15, 0.2) is 0 Å². The van der Waals surface area contributed by atoms with Gasteiger partial charge in [-0.1, -0.05) is 23.8 Å². The summed E-state index contributed by atoms with van der Waals surface area (Å²) in [5.74, 6) is 0.427. The summed E-state index contributed by atoms with van der Waals surface area (Å²) in [6.07, 6.45) is 0.601. The first-order valence-corrected chi connectivity index (χ1v) is 10.5. The Morgan fingerprint density at radius 2 is 1.79 bits per heavy atom. The number of likely N-dealkylation sites (N-methyl/N-ethyl adjacent to an activating group) is 1. The largest absolute Gasteiger partial charge is 0.496 e.